The van der Waals surface area contributed by atoms with Gasteiger partial charge < -0.3 is 5.32 Å². The molecule has 1 N–H and O–H groups in total. The normalized spacial score (nSPS) is 47.5. The van der Waals surface area contributed by atoms with Crippen LogP contribution in [0.25, 0.3) is 0 Å². The molecule has 0 amide bonds. The largest absolute Gasteiger partial charge is 0.310 e. The molecule has 3 unspecified atom stereocenters. The van der Waals surface area contributed by atoms with Crippen molar-refractivity contribution in [3.8, 4) is 0 Å². The van der Waals surface area contributed by atoms with Gasteiger partial charge in [-0.3, -0.25) is 0 Å². The molecule has 0 heterocycles. The molecule has 0 radical (unpaired) electrons. The lowest BCUT2D eigenvalue weighted by atomic mass is 9.69. The van der Waals surface area contributed by atoms with E-state index in [1.807, 2.05) is 0 Å². The maximum Gasteiger partial charge on any atom is 0.0184 e. The van der Waals surface area contributed by atoms with Gasteiger partial charge >= 0.3 is 0 Å². The van der Waals surface area contributed by atoms with E-state index in [9.17, 15) is 0 Å². The summed E-state index contributed by atoms with van der Waals surface area (Å²) in [6.45, 7) is 17.2. The molecule has 3 aliphatic rings. The number of nitrogens with one attached hydrogen (secondary N) is 1. The lowest BCUT2D eigenvalue weighted by molar-refractivity contribution is 0.118. The van der Waals surface area contributed by atoms with Crippen LogP contribution < -0.4 is 5.32 Å². The van der Waals surface area contributed by atoms with Crippen LogP contribution >= 0.6 is 0 Å². The first-order chi connectivity index (χ1) is 8.05. The maximum atomic E-state index is 4.06. The molecule has 3 atom stereocenters. The average molecular weight is 249 g/mol. The zero-order chi connectivity index (χ0) is 13.6. The standard InChI is InChI=1S/C17H31N/c1-14(2)11-8-9-17(14,7)12(10-11)18-13-15(3,4)16(13,5)6/h11-13,18H,8-10H2,1-7H3. The van der Waals surface area contributed by atoms with Crippen LogP contribution in [0.3, 0.4) is 0 Å². The third-order valence-corrected chi connectivity index (χ3v) is 8.18. The van der Waals surface area contributed by atoms with Crippen molar-refractivity contribution >= 4 is 0 Å². The van der Waals surface area contributed by atoms with Crippen molar-refractivity contribution in [1.29, 1.82) is 0 Å². The highest BCUT2D eigenvalue weighted by Gasteiger charge is 2.68. The molecule has 104 valence electrons. The fourth-order valence-corrected chi connectivity index (χ4v) is 5.27. The lowest BCUT2D eigenvalue weighted by Crippen LogP contribution is -2.46. The number of rotatable bonds is 2. The van der Waals surface area contributed by atoms with E-state index in [0.717, 1.165) is 12.0 Å². The zero-order valence-electron chi connectivity index (χ0n) is 13.4. The number of hydrogen-bond donors (Lipinski definition) is 1. The highest BCUT2D eigenvalue weighted by molar-refractivity contribution is 5.21. The highest BCUT2D eigenvalue weighted by Crippen LogP contribution is 2.68. The molecule has 0 spiro atoms. The Bertz CT molecular complexity index is 365. The minimum Gasteiger partial charge on any atom is -0.310 e. The second-order valence-corrected chi connectivity index (χ2v) is 9.21. The van der Waals surface area contributed by atoms with Crippen LogP contribution in [0.15, 0.2) is 0 Å². The van der Waals surface area contributed by atoms with Crippen molar-refractivity contribution in [3.63, 3.8) is 0 Å². The summed E-state index contributed by atoms with van der Waals surface area (Å²) in [5, 5.41) is 4.06. The third-order valence-electron chi connectivity index (χ3n) is 8.18. The van der Waals surface area contributed by atoms with Crippen LogP contribution in [0.2, 0.25) is 0 Å². The number of fused-ring (bicyclic) bond motifs is 2. The third kappa shape index (κ3) is 1.23. The molecular formula is C17H31N. The average Bonchev–Trinajstić information content (AvgIpc) is 2.47. The van der Waals surface area contributed by atoms with Crippen LogP contribution in [0.5, 0.6) is 0 Å². The van der Waals surface area contributed by atoms with E-state index in [1.54, 1.807) is 0 Å². The Balaban J connectivity index is 1.78. The van der Waals surface area contributed by atoms with E-state index in [0.29, 0.717) is 27.7 Å². The summed E-state index contributed by atoms with van der Waals surface area (Å²) in [5.41, 5.74) is 1.99. The minimum atomic E-state index is 0.468. The van der Waals surface area contributed by atoms with E-state index in [4.69, 9.17) is 0 Å². The smallest absolute Gasteiger partial charge is 0.0184 e. The van der Waals surface area contributed by atoms with Gasteiger partial charge in [0.1, 0.15) is 0 Å². The molecule has 0 saturated heterocycles. The number of hydrogen-bond acceptors (Lipinski definition) is 1. The molecule has 1 nitrogen and oxygen atoms in total. The molecule has 3 saturated carbocycles. The van der Waals surface area contributed by atoms with Crippen molar-refractivity contribution in [2.45, 2.75) is 79.8 Å². The van der Waals surface area contributed by atoms with Crippen molar-refractivity contribution in [2.24, 2.45) is 27.6 Å². The predicted molar refractivity (Wildman–Crippen MR) is 77.5 cm³/mol. The first-order valence-corrected chi connectivity index (χ1v) is 7.81. The predicted octanol–water partition coefficient (Wildman–Crippen LogP) is 4.23. The Morgan fingerprint density at radius 3 is 1.72 bits per heavy atom. The monoisotopic (exact) mass is 249 g/mol. The van der Waals surface area contributed by atoms with Crippen LogP contribution in [-0.2, 0) is 0 Å². The van der Waals surface area contributed by atoms with Crippen molar-refractivity contribution < 1.29 is 0 Å². The summed E-state index contributed by atoms with van der Waals surface area (Å²) in [7, 11) is 0. The summed E-state index contributed by atoms with van der Waals surface area (Å²) in [5.74, 6) is 0.949. The van der Waals surface area contributed by atoms with Gasteiger partial charge in [0.15, 0.2) is 0 Å². The lowest BCUT2D eigenvalue weighted by Gasteiger charge is -2.40. The van der Waals surface area contributed by atoms with Crippen molar-refractivity contribution in [1.82, 2.24) is 5.32 Å². The molecule has 3 rings (SSSR count). The molecule has 18 heavy (non-hydrogen) atoms. The molecule has 3 aliphatic carbocycles. The Morgan fingerprint density at radius 1 is 0.833 bits per heavy atom. The van der Waals surface area contributed by atoms with Crippen molar-refractivity contribution in [3.05, 3.63) is 0 Å². The topological polar surface area (TPSA) is 12.0 Å². The van der Waals surface area contributed by atoms with Gasteiger partial charge in [0, 0.05) is 12.1 Å². The molecule has 0 aromatic rings. The van der Waals surface area contributed by atoms with E-state index < -0.39 is 0 Å². The summed E-state index contributed by atoms with van der Waals surface area (Å²) in [4.78, 5) is 0. The van der Waals surface area contributed by atoms with Gasteiger partial charge in [-0.1, -0.05) is 48.5 Å². The Labute approximate surface area is 113 Å². The minimum absolute atomic E-state index is 0.468. The first kappa shape index (κ1) is 13.0. The van der Waals surface area contributed by atoms with Crippen LogP contribution in [0.4, 0.5) is 0 Å². The molecule has 1 heteroatoms. The molecule has 0 aromatic heterocycles. The second kappa shape index (κ2) is 3.16. The van der Waals surface area contributed by atoms with Gasteiger partial charge in [0.2, 0.25) is 0 Å². The Morgan fingerprint density at radius 2 is 1.39 bits per heavy atom. The molecular weight excluding hydrogens is 218 g/mol. The van der Waals surface area contributed by atoms with E-state index >= 15 is 0 Å². The van der Waals surface area contributed by atoms with Gasteiger partial charge in [0.05, 0.1) is 0 Å². The van der Waals surface area contributed by atoms with Gasteiger partial charge in [-0.05, 0) is 46.8 Å². The summed E-state index contributed by atoms with van der Waals surface area (Å²) in [6.07, 6.45) is 4.29. The Kier molecular flexibility index (Phi) is 2.28. The van der Waals surface area contributed by atoms with E-state index in [-0.39, 0.29) is 0 Å². The van der Waals surface area contributed by atoms with Gasteiger partial charge in [-0.15, -0.1) is 0 Å². The van der Waals surface area contributed by atoms with Crippen molar-refractivity contribution in [2.75, 3.05) is 0 Å². The first-order valence-electron chi connectivity index (χ1n) is 7.81. The molecule has 0 aromatic carbocycles. The quantitative estimate of drug-likeness (QED) is 0.772. The van der Waals surface area contributed by atoms with Crippen LogP contribution in [0.1, 0.15) is 67.7 Å². The summed E-state index contributed by atoms with van der Waals surface area (Å²) in [6, 6.07) is 1.46. The maximum absolute atomic E-state index is 4.06. The SMILES string of the molecule is CC1(C)C(NC2CC3CCC2(C)C3(C)C)C1(C)C. The molecule has 2 bridgehead atoms. The second-order valence-electron chi connectivity index (χ2n) is 9.21. The van der Waals surface area contributed by atoms with E-state index in [2.05, 4.69) is 53.8 Å². The van der Waals surface area contributed by atoms with Crippen LogP contribution in [0, 0.1) is 27.6 Å². The van der Waals surface area contributed by atoms with Gasteiger partial charge in [-0.2, -0.15) is 0 Å². The highest BCUT2D eigenvalue weighted by atomic mass is 15.1. The molecule has 3 fully saturated rings. The zero-order valence-corrected chi connectivity index (χ0v) is 13.4. The molecule has 0 aliphatic heterocycles. The fourth-order valence-electron chi connectivity index (χ4n) is 5.27. The van der Waals surface area contributed by atoms with Gasteiger partial charge in [-0.25, -0.2) is 0 Å². The van der Waals surface area contributed by atoms with Crippen LogP contribution in [-0.4, -0.2) is 12.1 Å². The van der Waals surface area contributed by atoms with E-state index in [1.165, 1.54) is 19.3 Å². The summed E-state index contributed by atoms with van der Waals surface area (Å²) < 4.78 is 0. The fraction of sp³-hybridized carbons (Fsp3) is 1.00. The Hall–Kier alpha value is -0.0400. The van der Waals surface area contributed by atoms with Gasteiger partial charge in [0.25, 0.3) is 0 Å². The summed E-state index contributed by atoms with van der Waals surface area (Å²) >= 11 is 0.